The smallest absolute Gasteiger partial charge is 0.293 e. The van der Waals surface area contributed by atoms with Crippen molar-refractivity contribution in [3.8, 4) is 11.3 Å². The molecule has 2 amide bonds. The van der Waals surface area contributed by atoms with Crippen molar-refractivity contribution in [2.24, 2.45) is 0 Å². The molecule has 3 aromatic rings. The summed E-state index contributed by atoms with van der Waals surface area (Å²) in [5.74, 6) is -0.266. The van der Waals surface area contributed by atoms with Gasteiger partial charge in [-0.2, -0.15) is 0 Å². The van der Waals surface area contributed by atoms with E-state index in [0.29, 0.717) is 21.6 Å². The van der Waals surface area contributed by atoms with E-state index < -0.39 is 21.9 Å². The number of nitro groups is 1. The van der Waals surface area contributed by atoms with Gasteiger partial charge in [-0.15, -0.1) is 0 Å². The summed E-state index contributed by atoms with van der Waals surface area (Å²) < 4.78 is 20.1. The fourth-order valence-electron chi connectivity index (χ4n) is 2.96. The van der Waals surface area contributed by atoms with E-state index in [1.54, 1.807) is 24.3 Å². The zero-order valence-corrected chi connectivity index (χ0v) is 18.0. The summed E-state index contributed by atoms with van der Waals surface area (Å²) in [5.41, 5.74) is 0.776. The van der Waals surface area contributed by atoms with Crippen LogP contribution >= 0.6 is 27.7 Å². The molecular weight excluding hydrogens is 491 g/mol. The molecule has 0 aliphatic carbocycles. The van der Waals surface area contributed by atoms with Crippen molar-refractivity contribution < 1.29 is 23.3 Å². The molecule has 0 unspecified atom stereocenters. The quantitative estimate of drug-likeness (QED) is 0.241. The first kappa shape index (κ1) is 21.0. The minimum absolute atomic E-state index is 0.0640. The highest BCUT2D eigenvalue weighted by Crippen LogP contribution is 2.36. The molecule has 10 heteroatoms. The molecule has 4 rings (SSSR count). The van der Waals surface area contributed by atoms with E-state index in [2.05, 4.69) is 15.9 Å². The standard InChI is InChI=1S/C21H12BrFN2O5S/c22-16-9-13(25(28)29)5-7-15(16)18-8-6-14(30-18)10-19-20(26)24(21(27)31-19)11-12-3-1-2-4-17(12)23/h1-10H,11H2/b19-10-. The van der Waals surface area contributed by atoms with E-state index in [1.807, 2.05) is 0 Å². The molecule has 1 aliphatic heterocycles. The van der Waals surface area contributed by atoms with Gasteiger partial charge in [0.1, 0.15) is 17.3 Å². The maximum Gasteiger partial charge on any atom is 0.293 e. The zero-order chi connectivity index (χ0) is 22.1. The number of halogens is 2. The maximum absolute atomic E-state index is 13.9. The molecule has 0 N–H and O–H groups in total. The van der Waals surface area contributed by atoms with Crippen molar-refractivity contribution >= 4 is 50.6 Å². The highest BCUT2D eigenvalue weighted by Gasteiger charge is 2.35. The predicted octanol–water partition coefficient (Wildman–Crippen LogP) is 5.99. The third-order valence-electron chi connectivity index (χ3n) is 4.49. The summed E-state index contributed by atoms with van der Waals surface area (Å²) in [7, 11) is 0. The lowest BCUT2D eigenvalue weighted by Gasteiger charge is -2.12. The van der Waals surface area contributed by atoms with Gasteiger partial charge >= 0.3 is 0 Å². The van der Waals surface area contributed by atoms with E-state index >= 15 is 0 Å². The van der Waals surface area contributed by atoms with Crippen LogP contribution in [0.1, 0.15) is 11.3 Å². The molecule has 31 heavy (non-hydrogen) atoms. The normalized spacial score (nSPS) is 15.2. The molecule has 1 saturated heterocycles. The van der Waals surface area contributed by atoms with Crippen LogP contribution in [0.25, 0.3) is 17.4 Å². The summed E-state index contributed by atoms with van der Waals surface area (Å²) in [6.45, 7) is -0.159. The van der Waals surface area contributed by atoms with Crippen LogP contribution in [-0.2, 0) is 11.3 Å². The average Bonchev–Trinajstić information content (AvgIpc) is 3.29. The Bertz CT molecular complexity index is 1260. The van der Waals surface area contributed by atoms with Crippen molar-refractivity contribution in [3.63, 3.8) is 0 Å². The Morgan fingerprint density at radius 2 is 1.94 bits per heavy atom. The average molecular weight is 503 g/mol. The highest BCUT2D eigenvalue weighted by atomic mass is 79.9. The van der Waals surface area contributed by atoms with E-state index in [1.165, 1.54) is 36.4 Å². The summed E-state index contributed by atoms with van der Waals surface area (Å²) in [6, 6.07) is 13.5. The lowest BCUT2D eigenvalue weighted by Crippen LogP contribution is -2.27. The Hall–Kier alpha value is -3.24. The molecule has 0 saturated carbocycles. The van der Waals surface area contributed by atoms with Gasteiger partial charge < -0.3 is 4.42 Å². The molecule has 2 heterocycles. The summed E-state index contributed by atoms with van der Waals surface area (Å²) in [4.78, 5) is 36.4. The number of benzene rings is 2. The van der Waals surface area contributed by atoms with Gasteiger partial charge in [-0.1, -0.05) is 18.2 Å². The van der Waals surface area contributed by atoms with Gasteiger partial charge in [0.05, 0.1) is 16.4 Å². The number of rotatable bonds is 5. The lowest BCUT2D eigenvalue weighted by molar-refractivity contribution is -0.384. The molecule has 0 radical (unpaired) electrons. The SMILES string of the molecule is O=C1S/C(=C\c2ccc(-c3ccc([N+](=O)[O-])cc3Br)o2)C(=O)N1Cc1ccccc1F. The largest absolute Gasteiger partial charge is 0.457 e. The Morgan fingerprint density at radius 3 is 2.65 bits per heavy atom. The van der Waals surface area contributed by atoms with Crippen LogP contribution in [0.5, 0.6) is 0 Å². The third kappa shape index (κ3) is 4.30. The van der Waals surface area contributed by atoms with Crippen LogP contribution in [0.3, 0.4) is 0 Å². The van der Waals surface area contributed by atoms with Gasteiger partial charge in [-0.05, 0) is 52.0 Å². The van der Waals surface area contributed by atoms with Crippen LogP contribution in [0.15, 0.2) is 68.4 Å². The number of imide groups is 1. The molecular formula is C21H12BrFN2O5S. The summed E-state index contributed by atoms with van der Waals surface area (Å²) in [6.07, 6.45) is 1.44. The van der Waals surface area contributed by atoms with Crippen molar-refractivity contribution in [1.29, 1.82) is 0 Å². The minimum Gasteiger partial charge on any atom is -0.457 e. The number of thioether (sulfide) groups is 1. The van der Waals surface area contributed by atoms with Crippen LogP contribution in [0, 0.1) is 15.9 Å². The first-order valence-corrected chi connectivity index (χ1v) is 10.5. The van der Waals surface area contributed by atoms with Crippen molar-refractivity contribution in [3.05, 3.63) is 91.2 Å². The number of furan rings is 1. The molecule has 1 aliphatic rings. The third-order valence-corrected chi connectivity index (χ3v) is 6.05. The fraction of sp³-hybridized carbons (Fsp3) is 0.0476. The van der Waals surface area contributed by atoms with Crippen molar-refractivity contribution in [2.45, 2.75) is 6.54 Å². The second-order valence-electron chi connectivity index (χ2n) is 6.48. The molecule has 7 nitrogen and oxygen atoms in total. The zero-order valence-electron chi connectivity index (χ0n) is 15.6. The van der Waals surface area contributed by atoms with Gasteiger partial charge in [0.2, 0.25) is 0 Å². The fourth-order valence-corrected chi connectivity index (χ4v) is 4.34. The Balaban J connectivity index is 1.56. The lowest BCUT2D eigenvalue weighted by atomic mass is 10.1. The Labute approximate surface area is 187 Å². The van der Waals surface area contributed by atoms with Gasteiger partial charge in [-0.25, -0.2) is 4.39 Å². The molecule has 0 atom stereocenters. The Kier molecular flexibility index (Phi) is 5.75. The maximum atomic E-state index is 13.9. The number of nitro benzene ring substituents is 1. The van der Waals surface area contributed by atoms with Crippen LogP contribution in [0.4, 0.5) is 14.9 Å². The topological polar surface area (TPSA) is 93.7 Å². The van der Waals surface area contributed by atoms with Crippen LogP contribution < -0.4 is 0 Å². The number of carbonyl (C=O) groups is 2. The molecule has 1 aromatic heterocycles. The number of carbonyl (C=O) groups excluding carboxylic acids is 2. The summed E-state index contributed by atoms with van der Waals surface area (Å²) >= 11 is 4.04. The Morgan fingerprint density at radius 1 is 1.16 bits per heavy atom. The molecule has 0 bridgehead atoms. The van der Waals surface area contributed by atoms with Crippen LogP contribution in [0.2, 0.25) is 0 Å². The second kappa shape index (κ2) is 8.48. The molecule has 0 spiro atoms. The predicted molar refractivity (Wildman–Crippen MR) is 116 cm³/mol. The first-order chi connectivity index (χ1) is 14.8. The molecule has 2 aromatic carbocycles. The van der Waals surface area contributed by atoms with Gasteiger partial charge in [0.25, 0.3) is 16.8 Å². The monoisotopic (exact) mass is 502 g/mol. The van der Waals surface area contributed by atoms with Gasteiger partial charge in [0.15, 0.2) is 0 Å². The number of hydrogen-bond donors (Lipinski definition) is 0. The van der Waals surface area contributed by atoms with Crippen molar-refractivity contribution in [2.75, 3.05) is 0 Å². The number of nitrogens with zero attached hydrogens (tertiary/aromatic N) is 2. The summed E-state index contributed by atoms with van der Waals surface area (Å²) in [5, 5.41) is 10.4. The molecule has 1 fully saturated rings. The van der Waals surface area contributed by atoms with E-state index in [4.69, 9.17) is 4.42 Å². The second-order valence-corrected chi connectivity index (χ2v) is 8.33. The van der Waals surface area contributed by atoms with Crippen LogP contribution in [-0.4, -0.2) is 21.0 Å². The van der Waals surface area contributed by atoms with E-state index in [9.17, 15) is 24.1 Å². The molecule has 156 valence electrons. The highest BCUT2D eigenvalue weighted by molar-refractivity contribution is 9.10. The number of hydrogen-bond acceptors (Lipinski definition) is 6. The van der Waals surface area contributed by atoms with E-state index in [-0.39, 0.29) is 22.7 Å². The van der Waals surface area contributed by atoms with Gasteiger partial charge in [0, 0.05) is 33.8 Å². The number of amides is 2. The van der Waals surface area contributed by atoms with Crippen molar-refractivity contribution in [1.82, 2.24) is 4.90 Å². The van der Waals surface area contributed by atoms with E-state index in [0.717, 1.165) is 16.7 Å². The van der Waals surface area contributed by atoms with Gasteiger partial charge in [-0.3, -0.25) is 24.6 Å². The first-order valence-electron chi connectivity index (χ1n) is 8.86. The number of non-ortho nitro benzene ring substituents is 1. The minimum atomic E-state index is -0.535.